The Balaban J connectivity index is 1.79. The molecule has 0 saturated carbocycles. The van der Waals surface area contributed by atoms with Crippen LogP contribution in [0.25, 0.3) is 0 Å². The summed E-state index contributed by atoms with van der Waals surface area (Å²) >= 11 is 6.11. The third kappa shape index (κ3) is 3.75. The first-order valence-corrected chi connectivity index (χ1v) is 8.54. The van der Waals surface area contributed by atoms with Crippen molar-refractivity contribution < 1.29 is 19.1 Å². The zero-order chi connectivity index (χ0) is 18.7. The van der Waals surface area contributed by atoms with Gasteiger partial charge in [0.1, 0.15) is 11.5 Å². The standard InChI is InChI=1S/C19H19ClN2O4/c1-12-7-8-13(20)16(9-12)25-11-18(23)22-10-17(19(24)21-2)26-15-6-4-3-5-14(15)22/h3-9,17H,10-11H2,1-2H3,(H,21,24)/t17-/m1/s1. The fourth-order valence-electron chi connectivity index (χ4n) is 2.71. The molecule has 1 N–H and O–H groups in total. The third-order valence-electron chi connectivity index (χ3n) is 4.05. The Kier molecular flexibility index (Phi) is 5.32. The van der Waals surface area contributed by atoms with E-state index in [4.69, 9.17) is 21.1 Å². The highest BCUT2D eigenvalue weighted by molar-refractivity contribution is 6.32. The lowest BCUT2D eigenvalue weighted by atomic mass is 10.1. The molecule has 1 aliphatic heterocycles. The van der Waals surface area contributed by atoms with Crippen LogP contribution in [-0.2, 0) is 9.59 Å². The highest BCUT2D eigenvalue weighted by atomic mass is 35.5. The molecule has 1 atom stereocenters. The number of aryl methyl sites for hydroxylation is 1. The van der Waals surface area contributed by atoms with Crippen molar-refractivity contribution in [3.63, 3.8) is 0 Å². The van der Waals surface area contributed by atoms with Gasteiger partial charge in [0, 0.05) is 7.05 Å². The minimum atomic E-state index is -0.776. The predicted octanol–water partition coefficient (Wildman–Crippen LogP) is 2.57. The second kappa shape index (κ2) is 7.66. The van der Waals surface area contributed by atoms with Crippen LogP contribution in [0.15, 0.2) is 42.5 Å². The van der Waals surface area contributed by atoms with E-state index in [-0.39, 0.29) is 25.0 Å². The number of likely N-dealkylation sites (N-methyl/N-ethyl adjacent to an activating group) is 1. The first-order valence-electron chi connectivity index (χ1n) is 8.16. The van der Waals surface area contributed by atoms with E-state index in [2.05, 4.69) is 5.32 Å². The Morgan fingerprint density at radius 3 is 2.85 bits per heavy atom. The van der Waals surface area contributed by atoms with Gasteiger partial charge in [0.05, 0.1) is 17.3 Å². The van der Waals surface area contributed by atoms with Crippen molar-refractivity contribution in [2.75, 3.05) is 25.1 Å². The maximum Gasteiger partial charge on any atom is 0.265 e. The zero-order valence-electron chi connectivity index (χ0n) is 14.5. The summed E-state index contributed by atoms with van der Waals surface area (Å²) in [5.41, 5.74) is 1.59. The molecule has 0 aliphatic carbocycles. The molecular formula is C19H19ClN2O4. The van der Waals surface area contributed by atoms with Crippen molar-refractivity contribution in [1.29, 1.82) is 0 Å². The highest BCUT2D eigenvalue weighted by Crippen LogP contribution is 2.33. The molecule has 2 aromatic rings. The highest BCUT2D eigenvalue weighted by Gasteiger charge is 2.33. The van der Waals surface area contributed by atoms with E-state index in [1.54, 1.807) is 36.4 Å². The lowest BCUT2D eigenvalue weighted by molar-refractivity contribution is -0.128. The lowest BCUT2D eigenvalue weighted by Gasteiger charge is -2.33. The summed E-state index contributed by atoms with van der Waals surface area (Å²) < 4.78 is 11.3. The van der Waals surface area contributed by atoms with E-state index in [0.717, 1.165) is 5.56 Å². The number of amides is 2. The van der Waals surface area contributed by atoms with Gasteiger partial charge < -0.3 is 19.7 Å². The Morgan fingerprint density at radius 2 is 2.08 bits per heavy atom. The number of ether oxygens (including phenoxy) is 2. The Labute approximate surface area is 156 Å². The van der Waals surface area contributed by atoms with Crippen LogP contribution < -0.4 is 19.7 Å². The number of nitrogens with one attached hydrogen (secondary N) is 1. The third-order valence-corrected chi connectivity index (χ3v) is 4.36. The van der Waals surface area contributed by atoms with Gasteiger partial charge in [-0.15, -0.1) is 0 Å². The van der Waals surface area contributed by atoms with E-state index < -0.39 is 6.10 Å². The van der Waals surface area contributed by atoms with Crippen LogP contribution >= 0.6 is 11.6 Å². The maximum atomic E-state index is 12.8. The maximum absolute atomic E-state index is 12.8. The average Bonchev–Trinajstić information content (AvgIpc) is 2.66. The number of hydrogen-bond acceptors (Lipinski definition) is 4. The summed E-state index contributed by atoms with van der Waals surface area (Å²) in [6.45, 7) is 1.83. The molecule has 26 heavy (non-hydrogen) atoms. The summed E-state index contributed by atoms with van der Waals surface area (Å²) in [5.74, 6) is 0.353. The number of anilines is 1. The number of para-hydroxylation sites is 2. The molecular weight excluding hydrogens is 356 g/mol. The summed E-state index contributed by atoms with van der Waals surface area (Å²) in [7, 11) is 1.53. The number of nitrogens with zero attached hydrogens (tertiary/aromatic N) is 1. The summed E-state index contributed by atoms with van der Waals surface area (Å²) in [6, 6.07) is 12.5. The molecule has 136 valence electrons. The molecule has 0 radical (unpaired) electrons. The van der Waals surface area contributed by atoms with Gasteiger partial charge in [-0.3, -0.25) is 9.59 Å². The SMILES string of the molecule is CNC(=O)[C@H]1CN(C(=O)COc2cc(C)ccc2Cl)c2ccccc2O1. The average molecular weight is 375 g/mol. The van der Waals surface area contributed by atoms with Gasteiger partial charge >= 0.3 is 0 Å². The molecule has 1 heterocycles. The molecule has 6 nitrogen and oxygen atoms in total. The van der Waals surface area contributed by atoms with Gasteiger partial charge in [-0.05, 0) is 36.8 Å². The number of benzene rings is 2. The molecule has 7 heteroatoms. The van der Waals surface area contributed by atoms with Gasteiger partial charge in [0.25, 0.3) is 11.8 Å². The molecule has 0 bridgehead atoms. The molecule has 0 spiro atoms. The van der Waals surface area contributed by atoms with Gasteiger partial charge in [0.2, 0.25) is 0 Å². The zero-order valence-corrected chi connectivity index (χ0v) is 15.2. The second-order valence-electron chi connectivity index (χ2n) is 5.92. The number of carbonyl (C=O) groups excluding carboxylic acids is 2. The van der Waals surface area contributed by atoms with Crippen molar-refractivity contribution in [1.82, 2.24) is 5.32 Å². The quantitative estimate of drug-likeness (QED) is 0.893. The predicted molar refractivity (Wildman–Crippen MR) is 99.0 cm³/mol. The largest absolute Gasteiger partial charge is 0.482 e. The molecule has 0 aromatic heterocycles. The van der Waals surface area contributed by atoms with E-state index in [1.165, 1.54) is 11.9 Å². The first-order chi connectivity index (χ1) is 12.5. The van der Waals surface area contributed by atoms with Crippen LogP contribution in [0, 0.1) is 6.92 Å². The van der Waals surface area contributed by atoms with Crippen LogP contribution in [0.2, 0.25) is 5.02 Å². The van der Waals surface area contributed by atoms with E-state index in [9.17, 15) is 9.59 Å². The van der Waals surface area contributed by atoms with Crippen molar-refractivity contribution in [3.8, 4) is 11.5 Å². The Bertz CT molecular complexity index is 840. The lowest BCUT2D eigenvalue weighted by Crippen LogP contribution is -2.51. The number of rotatable bonds is 4. The minimum Gasteiger partial charge on any atom is -0.482 e. The fourth-order valence-corrected chi connectivity index (χ4v) is 2.88. The van der Waals surface area contributed by atoms with Gasteiger partial charge in [-0.2, -0.15) is 0 Å². The fraction of sp³-hybridized carbons (Fsp3) is 0.263. The van der Waals surface area contributed by atoms with Gasteiger partial charge in [-0.25, -0.2) is 0 Å². The van der Waals surface area contributed by atoms with E-state index >= 15 is 0 Å². The molecule has 3 rings (SSSR count). The second-order valence-corrected chi connectivity index (χ2v) is 6.32. The van der Waals surface area contributed by atoms with Crippen molar-refractivity contribution in [3.05, 3.63) is 53.1 Å². The molecule has 1 aliphatic rings. The van der Waals surface area contributed by atoms with Crippen LogP contribution in [0.1, 0.15) is 5.56 Å². The molecule has 0 unspecified atom stereocenters. The van der Waals surface area contributed by atoms with Crippen LogP contribution in [0.4, 0.5) is 5.69 Å². The molecule has 0 fully saturated rings. The number of hydrogen-bond donors (Lipinski definition) is 1. The van der Waals surface area contributed by atoms with Gasteiger partial charge in [-0.1, -0.05) is 29.8 Å². The topological polar surface area (TPSA) is 67.9 Å². The Hall–Kier alpha value is -2.73. The Morgan fingerprint density at radius 1 is 1.31 bits per heavy atom. The molecule has 2 aromatic carbocycles. The summed E-state index contributed by atoms with van der Waals surface area (Å²) in [6.07, 6.45) is -0.776. The molecule has 0 saturated heterocycles. The van der Waals surface area contributed by atoms with Crippen LogP contribution in [-0.4, -0.2) is 38.1 Å². The monoisotopic (exact) mass is 374 g/mol. The normalized spacial score (nSPS) is 15.7. The minimum absolute atomic E-state index is 0.112. The van der Waals surface area contributed by atoms with Crippen LogP contribution in [0.5, 0.6) is 11.5 Å². The number of halogens is 1. The van der Waals surface area contributed by atoms with Crippen molar-refractivity contribution >= 4 is 29.1 Å². The van der Waals surface area contributed by atoms with Crippen LogP contribution in [0.3, 0.4) is 0 Å². The first kappa shape index (κ1) is 18.1. The number of carbonyl (C=O) groups is 2. The van der Waals surface area contributed by atoms with Gasteiger partial charge in [0.15, 0.2) is 12.7 Å². The summed E-state index contributed by atoms with van der Waals surface area (Å²) in [5, 5.41) is 2.98. The van der Waals surface area contributed by atoms with Crippen molar-refractivity contribution in [2.45, 2.75) is 13.0 Å². The smallest absolute Gasteiger partial charge is 0.265 e. The molecule has 2 amide bonds. The van der Waals surface area contributed by atoms with E-state index in [1.807, 2.05) is 13.0 Å². The summed E-state index contributed by atoms with van der Waals surface area (Å²) in [4.78, 5) is 26.2. The van der Waals surface area contributed by atoms with Crippen molar-refractivity contribution in [2.24, 2.45) is 0 Å². The number of fused-ring (bicyclic) bond motifs is 1. The van der Waals surface area contributed by atoms with E-state index in [0.29, 0.717) is 22.2 Å².